The summed E-state index contributed by atoms with van der Waals surface area (Å²) in [5, 5.41) is 2.51. The number of fused-ring (bicyclic) bond motifs is 4. The Hall–Kier alpha value is -6.96. The van der Waals surface area contributed by atoms with E-state index in [2.05, 4.69) is 230 Å². The maximum atomic E-state index is 2.47. The summed E-state index contributed by atoms with van der Waals surface area (Å²) in [6.45, 7) is 2.39. The molecule has 10 rings (SSSR count). The molecule has 0 radical (unpaired) electrons. The van der Waals surface area contributed by atoms with E-state index in [4.69, 9.17) is 0 Å². The average molecular weight is 702 g/mol. The van der Waals surface area contributed by atoms with Crippen LogP contribution in [0.1, 0.15) is 23.6 Å². The second-order valence-corrected chi connectivity index (χ2v) is 14.6. The molecule has 0 aliphatic heterocycles. The van der Waals surface area contributed by atoms with Gasteiger partial charge in [0.25, 0.3) is 0 Å². The van der Waals surface area contributed by atoms with Gasteiger partial charge in [-0.15, -0.1) is 0 Å². The number of anilines is 3. The molecule has 1 atom stereocenters. The molecular weight excluding hydrogens is 663 g/mol. The molecule has 9 aromatic rings. The van der Waals surface area contributed by atoms with Crippen LogP contribution in [0.4, 0.5) is 17.1 Å². The van der Waals surface area contributed by atoms with Crippen molar-refractivity contribution in [3.63, 3.8) is 0 Å². The summed E-state index contributed by atoms with van der Waals surface area (Å²) in [6.07, 6.45) is 0. The SMILES string of the molecule is CC1(c2ccccc2)c2ccccc2-c2c(N(c3ccc(-c4cccc5ccccc45)cc3)c3cccc(-c4ccccc4-c4ccccc4)c3)cccc21. The average Bonchev–Trinajstić information content (AvgIpc) is 3.54. The molecule has 55 heavy (non-hydrogen) atoms. The third-order valence-corrected chi connectivity index (χ3v) is 11.6. The first kappa shape index (κ1) is 32.7. The summed E-state index contributed by atoms with van der Waals surface area (Å²) in [5.74, 6) is 0. The van der Waals surface area contributed by atoms with Crippen LogP contribution in [0.2, 0.25) is 0 Å². The van der Waals surface area contributed by atoms with Gasteiger partial charge < -0.3 is 4.90 Å². The van der Waals surface area contributed by atoms with Crippen LogP contribution in [-0.4, -0.2) is 0 Å². The van der Waals surface area contributed by atoms with Gasteiger partial charge in [0.2, 0.25) is 0 Å². The van der Waals surface area contributed by atoms with Gasteiger partial charge in [-0.25, -0.2) is 0 Å². The van der Waals surface area contributed by atoms with Crippen molar-refractivity contribution in [2.75, 3.05) is 4.90 Å². The van der Waals surface area contributed by atoms with Gasteiger partial charge in [0.15, 0.2) is 0 Å². The molecule has 0 saturated carbocycles. The molecule has 0 fully saturated rings. The molecule has 1 heteroatoms. The van der Waals surface area contributed by atoms with Crippen LogP contribution < -0.4 is 4.90 Å². The van der Waals surface area contributed by atoms with Gasteiger partial charge >= 0.3 is 0 Å². The second-order valence-electron chi connectivity index (χ2n) is 14.6. The van der Waals surface area contributed by atoms with Gasteiger partial charge in [0.05, 0.1) is 5.69 Å². The Labute approximate surface area is 323 Å². The first-order valence-corrected chi connectivity index (χ1v) is 19.1. The number of benzene rings is 9. The Kier molecular flexibility index (Phi) is 8.00. The van der Waals surface area contributed by atoms with Crippen molar-refractivity contribution >= 4 is 27.8 Å². The molecule has 0 amide bonds. The Balaban J connectivity index is 1.19. The Bertz CT molecular complexity index is 2810. The first-order valence-electron chi connectivity index (χ1n) is 19.1. The third-order valence-electron chi connectivity index (χ3n) is 11.6. The van der Waals surface area contributed by atoms with E-state index in [0.29, 0.717) is 0 Å². The first-order chi connectivity index (χ1) is 27.2. The van der Waals surface area contributed by atoms with Gasteiger partial charge in [-0.1, -0.05) is 188 Å². The molecule has 0 N–H and O–H groups in total. The summed E-state index contributed by atoms with van der Waals surface area (Å²) >= 11 is 0. The lowest BCUT2D eigenvalue weighted by Crippen LogP contribution is -2.22. The molecule has 0 bridgehead atoms. The van der Waals surface area contributed by atoms with Crippen molar-refractivity contribution in [3.05, 3.63) is 235 Å². The van der Waals surface area contributed by atoms with Crippen LogP contribution in [0.25, 0.3) is 55.3 Å². The van der Waals surface area contributed by atoms with E-state index in [9.17, 15) is 0 Å². The number of nitrogens with zero attached hydrogens (tertiary/aromatic N) is 1. The smallest absolute Gasteiger partial charge is 0.0543 e. The van der Waals surface area contributed by atoms with Gasteiger partial charge in [-0.3, -0.25) is 0 Å². The van der Waals surface area contributed by atoms with E-state index in [1.165, 1.54) is 72.0 Å². The maximum absolute atomic E-state index is 2.47. The molecular formula is C54H39N. The monoisotopic (exact) mass is 701 g/mol. The standard InChI is InChI=1S/C54H39N/c1-54(42-22-6-3-7-23-42)50-30-13-12-28-49(50)53-51(54)31-16-32-52(53)55(43-35-33-40(34-36-43)47-29-15-20-39-19-8-9-25-45(39)47)44-24-14-21-41(37-44)48-27-11-10-26-46(48)38-17-4-2-5-18-38/h2-37H,1H3. The van der Waals surface area contributed by atoms with Crippen LogP contribution in [0.5, 0.6) is 0 Å². The fourth-order valence-corrected chi connectivity index (χ4v) is 8.90. The summed E-state index contributed by atoms with van der Waals surface area (Å²) in [7, 11) is 0. The lowest BCUT2D eigenvalue weighted by Gasteiger charge is -2.31. The van der Waals surface area contributed by atoms with E-state index in [1.807, 2.05) is 0 Å². The van der Waals surface area contributed by atoms with Crippen molar-refractivity contribution in [3.8, 4) is 44.5 Å². The molecule has 0 heterocycles. The lowest BCUT2D eigenvalue weighted by molar-refractivity contribution is 0.714. The van der Waals surface area contributed by atoms with Crippen LogP contribution in [0.3, 0.4) is 0 Å². The van der Waals surface area contributed by atoms with Gasteiger partial charge in [0.1, 0.15) is 0 Å². The van der Waals surface area contributed by atoms with Gasteiger partial charge in [-0.2, -0.15) is 0 Å². The summed E-state index contributed by atoms with van der Waals surface area (Å²) in [6, 6.07) is 79.7. The number of rotatable bonds is 7. The van der Waals surface area contributed by atoms with E-state index >= 15 is 0 Å². The minimum Gasteiger partial charge on any atom is -0.310 e. The molecule has 1 nitrogen and oxygen atoms in total. The molecule has 0 saturated heterocycles. The second kappa shape index (κ2) is 13.5. The van der Waals surface area contributed by atoms with Crippen molar-refractivity contribution in [2.24, 2.45) is 0 Å². The minimum absolute atomic E-state index is 0.302. The van der Waals surface area contributed by atoms with Gasteiger partial charge in [-0.05, 0) is 104 Å². The molecule has 260 valence electrons. The van der Waals surface area contributed by atoms with E-state index in [0.717, 1.165) is 17.1 Å². The van der Waals surface area contributed by atoms with Crippen LogP contribution in [0.15, 0.2) is 218 Å². The highest BCUT2D eigenvalue weighted by Crippen LogP contribution is 2.56. The Morgan fingerprint density at radius 2 is 0.909 bits per heavy atom. The fourth-order valence-electron chi connectivity index (χ4n) is 8.90. The number of hydrogen-bond acceptors (Lipinski definition) is 1. The van der Waals surface area contributed by atoms with Crippen molar-refractivity contribution in [1.29, 1.82) is 0 Å². The fraction of sp³-hybridized carbons (Fsp3) is 0.0370. The van der Waals surface area contributed by atoms with Crippen molar-refractivity contribution < 1.29 is 0 Å². The lowest BCUT2D eigenvalue weighted by atomic mass is 9.74. The molecule has 1 unspecified atom stereocenters. The molecule has 9 aromatic carbocycles. The maximum Gasteiger partial charge on any atom is 0.0543 e. The Morgan fingerprint density at radius 3 is 1.71 bits per heavy atom. The minimum atomic E-state index is -0.302. The van der Waals surface area contributed by atoms with Crippen LogP contribution in [-0.2, 0) is 5.41 Å². The third kappa shape index (κ3) is 5.47. The quantitative estimate of drug-likeness (QED) is 0.160. The summed E-state index contributed by atoms with van der Waals surface area (Å²) < 4.78 is 0. The zero-order valence-corrected chi connectivity index (χ0v) is 30.7. The highest BCUT2D eigenvalue weighted by Gasteiger charge is 2.42. The zero-order chi connectivity index (χ0) is 36.8. The van der Waals surface area contributed by atoms with E-state index < -0.39 is 0 Å². The predicted octanol–water partition coefficient (Wildman–Crippen LogP) is 14.6. The molecule has 0 aromatic heterocycles. The van der Waals surface area contributed by atoms with Crippen LogP contribution >= 0.6 is 0 Å². The van der Waals surface area contributed by atoms with Crippen molar-refractivity contribution in [2.45, 2.75) is 12.3 Å². The Morgan fingerprint density at radius 1 is 0.364 bits per heavy atom. The van der Waals surface area contributed by atoms with E-state index in [-0.39, 0.29) is 5.41 Å². The van der Waals surface area contributed by atoms with E-state index in [1.54, 1.807) is 0 Å². The highest BCUT2D eigenvalue weighted by atomic mass is 15.1. The topological polar surface area (TPSA) is 3.24 Å². The molecule has 1 aliphatic rings. The van der Waals surface area contributed by atoms with Crippen LogP contribution in [0, 0.1) is 0 Å². The normalized spacial score (nSPS) is 14.3. The number of hydrogen-bond donors (Lipinski definition) is 0. The molecule has 1 aliphatic carbocycles. The van der Waals surface area contributed by atoms with Crippen molar-refractivity contribution in [1.82, 2.24) is 0 Å². The summed E-state index contributed by atoms with van der Waals surface area (Å²) in [4.78, 5) is 2.47. The predicted molar refractivity (Wildman–Crippen MR) is 232 cm³/mol. The van der Waals surface area contributed by atoms with Gasteiger partial charge in [0, 0.05) is 22.4 Å². The zero-order valence-electron chi connectivity index (χ0n) is 30.7. The largest absolute Gasteiger partial charge is 0.310 e. The molecule has 0 spiro atoms. The highest BCUT2D eigenvalue weighted by molar-refractivity contribution is 5.99. The summed E-state index contributed by atoms with van der Waals surface area (Å²) in [5.41, 5.74) is 16.8.